The van der Waals surface area contributed by atoms with Gasteiger partial charge in [0.05, 0.1) is 42.1 Å². The monoisotopic (exact) mass is 858 g/mol. The first-order valence-electron chi connectivity index (χ1n) is 19.9. The Balaban J connectivity index is 0.000000450. The van der Waals surface area contributed by atoms with E-state index in [1.54, 1.807) is 65.3 Å². The third kappa shape index (κ3) is 18.8. The zero-order valence-corrected chi connectivity index (χ0v) is 36.7. The Morgan fingerprint density at radius 2 is 1.10 bits per heavy atom. The van der Waals surface area contributed by atoms with Crippen LogP contribution in [-0.2, 0) is 30.2 Å². The second-order valence-corrected chi connectivity index (χ2v) is 16.9. The number of piperidine rings is 2. The van der Waals surface area contributed by atoms with E-state index >= 15 is 4.39 Å². The molecular weight excluding hydrogens is 795 g/mol. The highest BCUT2D eigenvalue weighted by Gasteiger charge is 2.39. The molecule has 0 aromatic heterocycles. The zero-order valence-electron chi connectivity index (χ0n) is 36.9. The normalized spacial score (nSPS) is 16.5. The summed E-state index contributed by atoms with van der Waals surface area (Å²) in [6.07, 6.45) is 0.649. The van der Waals surface area contributed by atoms with Crippen molar-refractivity contribution < 1.29 is 51.1 Å². The average molecular weight is 859 g/mol. The Hall–Kier alpha value is -4.13. The van der Waals surface area contributed by atoms with Crippen molar-refractivity contribution in [3.05, 3.63) is 70.8 Å². The van der Waals surface area contributed by atoms with Crippen molar-refractivity contribution in [1.82, 2.24) is 14.1 Å². The van der Waals surface area contributed by atoms with Gasteiger partial charge in [0.15, 0.2) is 0 Å². The lowest BCUT2D eigenvalue weighted by Gasteiger charge is -2.38. The van der Waals surface area contributed by atoms with Crippen LogP contribution in [-0.4, -0.2) is 109 Å². The highest BCUT2D eigenvalue weighted by molar-refractivity contribution is 8.18. The molecule has 2 fully saturated rings. The van der Waals surface area contributed by atoms with E-state index in [4.69, 9.17) is 21.4 Å². The lowest BCUT2D eigenvalue weighted by atomic mass is 9.84. The minimum absolute atomic E-state index is 0.0796. The standard InChI is InChI=1S/C17H21FN2O2.C17H22N2O3.C6H14F3NO2S.C2H6/c1-16(2,3)22-15(21)20-10-8-17(18,9-11-20)14-6-4-13(12-19)5-7-14;1-16(2,3)22-15(20)19-10-8-17(21,9-11-19)14-6-4-13(12-18)5-7-14;1-11-5-3-10(4-6-12-2)13(7,8)9;1-2/h4-7H,8-11H2,1-3H3;4-7,21H,8-11H2,1-3H3;3-6H2,1-2H3;1-2H3/i;;;1D. The van der Waals surface area contributed by atoms with Crippen molar-refractivity contribution in [3.63, 3.8) is 0 Å². The SMILES string of the molecule is CC(C)(C)OC(=O)N1CCC(F)(c2ccc(C#N)cc2)CC1.CC(C)(C)OC(=O)N1CCC(O)(c2ccc(C#N)cc2)CC1.COCCN(CCOC)S(F)(F)F.[2H]CC. The van der Waals surface area contributed by atoms with Gasteiger partial charge in [0.2, 0.25) is 0 Å². The maximum Gasteiger partial charge on any atom is 0.410 e. The minimum atomic E-state index is -5.14. The van der Waals surface area contributed by atoms with Gasteiger partial charge in [-0.25, -0.2) is 14.0 Å². The quantitative estimate of drug-likeness (QED) is 0.242. The van der Waals surface area contributed by atoms with Crippen molar-refractivity contribution in [1.29, 1.82) is 10.5 Å². The molecule has 0 saturated carbocycles. The van der Waals surface area contributed by atoms with Gasteiger partial charge in [-0.15, -0.1) is 11.7 Å². The van der Waals surface area contributed by atoms with E-state index in [0.717, 1.165) is 5.56 Å². The van der Waals surface area contributed by atoms with Crippen molar-refractivity contribution in [3.8, 4) is 12.1 Å². The van der Waals surface area contributed by atoms with Gasteiger partial charge in [-0.05, 0) is 89.8 Å². The van der Waals surface area contributed by atoms with E-state index in [1.807, 2.05) is 47.6 Å². The molecule has 2 aromatic rings. The summed E-state index contributed by atoms with van der Waals surface area (Å²) in [4.78, 5) is 27.2. The lowest BCUT2D eigenvalue weighted by molar-refractivity contribution is -0.0356. The molecule has 2 aromatic carbocycles. The molecular formula is C42H63F4N5O7S. The number of amides is 2. The maximum absolute atomic E-state index is 15.1. The highest BCUT2D eigenvalue weighted by atomic mass is 32.3. The van der Waals surface area contributed by atoms with Crippen LogP contribution in [0.2, 0.25) is 0 Å². The topological polar surface area (TPSA) is 149 Å². The number of hydrogen-bond donors (Lipinski definition) is 1. The summed E-state index contributed by atoms with van der Waals surface area (Å²) in [6.45, 7) is 14.7. The fourth-order valence-corrected chi connectivity index (χ4v) is 6.30. The molecule has 0 atom stereocenters. The van der Waals surface area contributed by atoms with Gasteiger partial charge in [-0.1, -0.05) is 38.1 Å². The molecule has 2 aliphatic rings. The second kappa shape index (κ2) is 24.2. The van der Waals surface area contributed by atoms with Gasteiger partial charge in [0, 0.05) is 67.7 Å². The number of likely N-dealkylation sites (tertiary alicyclic amines) is 2. The van der Waals surface area contributed by atoms with E-state index in [9.17, 15) is 26.4 Å². The van der Waals surface area contributed by atoms with Crippen LogP contribution in [0.5, 0.6) is 0 Å². The first-order chi connectivity index (χ1) is 27.9. The molecule has 2 aliphatic heterocycles. The van der Waals surface area contributed by atoms with Gasteiger partial charge in [-0.2, -0.15) is 14.8 Å². The average Bonchev–Trinajstić information content (AvgIpc) is 3.17. The Morgan fingerprint density at radius 3 is 1.41 bits per heavy atom. The number of benzene rings is 2. The third-order valence-corrected chi connectivity index (χ3v) is 9.87. The molecule has 2 heterocycles. The molecule has 2 amide bonds. The van der Waals surface area contributed by atoms with Crippen LogP contribution < -0.4 is 0 Å². The second-order valence-electron chi connectivity index (χ2n) is 15.6. The summed E-state index contributed by atoms with van der Waals surface area (Å²) in [7, 11) is 2.75. The number of rotatable bonds is 9. The molecule has 1 N–H and O–H groups in total. The summed E-state index contributed by atoms with van der Waals surface area (Å²) in [5.41, 5.74) is -1.03. The van der Waals surface area contributed by atoms with Gasteiger partial charge in [0.1, 0.15) is 16.9 Å². The maximum atomic E-state index is 15.1. The number of hydrogen-bond acceptors (Lipinski definition) is 10. The molecule has 2 saturated heterocycles. The van der Waals surface area contributed by atoms with Crippen LogP contribution in [0.15, 0.2) is 48.5 Å². The van der Waals surface area contributed by atoms with Gasteiger partial charge >= 0.3 is 12.2 Å². The van der Waals surface area contributed by atoms with Crippen LogP contribution in [0.1, 0.15) is 105 Å². The van der Waals surface area contributed by atoms with E-state index < -0.39 is 39.9 Å². The van der Waals surface area contributed by atoms with Crippen molar-refractivity contribution >= 4 is 23.6 Å². The first-order valence-corrected chi connectivity index (χ1v) is 20.5. The predicted molar refractivity (Wildman–Crippen MR) is 221 cm³/mol. The molecule has 12 nitrogen and oxygen atoms in total. The number of nitriles is 2. The number of halogens is 4. The summed E-state index contributed by atoms with van der Waals surface area (Å²) in [5, 5.41) is 28.4. The molecule has 17 heteroatoms. The van der Waals surface area contributed by atoms with Crippen molar-refractivity contribution in [2.45, 2.75) is 104 Å². The lowest BCUT2D eigenvalue weighted by Crippen LogP contribution is -2.46. The Bertz CT molecular complexity index is 1550. The Kier molecular flexibility index (Phi) is 20.9. The number of aliphatic hydroxyl groups is 1. The van der Waals surface area contributed by atoms with E-state index in [0.29, 0.717) is 66.9 Å². The fourth-order valence-electron chi connectivity index (χ4n) is 5.74. The summed E-state index contributed by atoms with van der Waals surface area (Å²) in [6, 6.07) is 17.6. The van der Waals surface area contributed by atoms with Gasteiger partial charge < -0.3 is 33.9 Å². The van der Waals surface area contributed by atoms with Gasteiger partial charge in [-0.3, -0.25) is 0 Å². The number of carbonyl (C=O) groups excluding carboxylic acids is 2. The summed E-state index contributed by atoms with van der Waals surface area (Å²) in [5.74, 6) is 0. The van der Waals surface area contributed by atoms with Crippen LogP contribution >= 0.6 is 11.4 Å². The fraction of sp³-hybridized carbons (Fsp3) is 0.619. The van der Waals surface area contributed by atoms with Crippen LogP contribution in [0.3, 0.4) is 0 Å². The number of methoxy groups -OCH3 is 2. The van der Waals surface area contributed by atoms with Crippen LogP contribution in [0.4, 0.5) is 25.6 Å². The zero-order chi connectivity index (χ0) is 45.8. The summed E-state index contributed by atoms with van der Waals surface area (Å²) >= 11 is -5.14. The van der Waals surface area contributed by atoms with E-state index in [2.05, 4.69) is 15.5 Å². The molecule has 0 unspecified atom stereocenters. The highest BCUT2D eigenvalue weighted by Crippen LogP contribution is 2.56. The third-order valence-electron chi connectivity index (χ3n) is 8.92. The van der Waals surface area contributed by atoms with Crippen LogP contribution in [0.25, 0.3) is 0 Å². The van der Waals surface area contributed by atoms with Crippen LogP contribution in [0, 0.1) is 22.7 Å². The molecule has 0 bridgehead atoms. The summed E-state index contributed by atoms with van der Waals surface area (Å²) < 4.78 is 78.3. The molecule has 0 spiro atoms. The number of carbonyl (C=O) groups is 2. The Labute approximate surface area is 351 Å². The predicted octanol–water partition coefficient (Wildman–Crippen LogP) is 9.51. The van der Waals surface area contributed by atoms with Crippen molar-refractivity contribution in [2.24, 2.45) is 0 Å². The van der Waals surface area contributed by atoms with Crippen molar-refractivity contribution in [2.75, 3.05) is 66.7 Å². The molecule has 0 radical (unpaired) electrons. The van der Waals surface area contributed by atoms with E-state index in [1.165, 1.54) is 14.2 Å². The molecule has 0 aliphatic carbocycles. The number of nitrogens with zero attached hydrogens (tertiary/aromatic N) is 5. The molecule has 59 heavy (non-hydrogen) atoms. The first kappa shape index (κ1) is 51.0. The number of ether oxygens (including phenoxy) is 4. The largest absolute Gasteiger partial charge is 0.444 e. The molecule has 332 valence electrons. The molecule has 4 rings (SSSR count). The minimum Gasteiger partial charge on any atom is -0.444 e. The smallest absolute Gasteiger partial charge is 0.410 e. The number of alkyl halides is 1. The Morgan fingerprint density at radius 1 is 0.763 bits per heavy atom. The van der Waals surface area contributed by atoms with Gasteiger partial charge in [0.25, 0.3) is 11.4 Å². The van der Waals surface area contributed by atoms with E-state index in [-0.39, 0.29) is 45.2 Å².